The van der Waals surface area contributed by atoms with Gasteiger partial charge in [0, 0.05) is 17.3 Å². The van der Waals surface area contributed by atoms with E-state index in [9.17, 15) is 9.59 Å². The molecule has 96 valence electrons. The molecule has 0 heterocycles. The largest absolute Gasteiger partial charge is 0.348 e. The van der Waals surface area contributed by atoms with Gasteiger partial charge in [-0.3, -0.25) is 9.59 Å². The molecule has 1 saturated carbocycles. The summed E-state index contributed by atoms with van der Waals surface area (Å²) in [6.07, 6.45) is 3.50. The lowest BCUT2D eigenvalue weighted by molar-refractivity contribution is -0.136. The first-order valence-corrected chi connectivity index (χ1v) is 6.37. The van der Waals surface area contributed by atoms with Crippen LogP contribution in [-0.4, -0.2) is 18.4 Å². The van der Waals surface area contributed by atoms with Crippen LogP contribution in [0.2, 0.25) is 5.02 Å². The zero-order chi connectivity index (χ0) is 13.0. The highest BCUT2D eigenvalue weighted by Gasteiger charge is 2.20. The number of rotatable bonds is 3. The van der Waals surface area contributed by atoms with E-state index in [1.165, 1.54) is 6.42 Å². The van der Waals surface area contributed by atoms with Crippen LogP contribution in [-0.2, 0) is 9.59 Å². The molecule has 1 fully saturated rings. The average molecular weight is 267 g/mol. The lowest BCUT2D eigenvalue weighted by Crippen LogP contribution is -2.39. The normalized spacial score (nSPS) is 14.7. The molecule has 1 aliphatic rings. The Morgan fingerprint density at radius 2 is 1.83 bits per heavy atom. The lowest BCUT2D eigenvalue weighted by Gasteiger charge is -2.25. The fourth-order valence-electron chi connectivity index (χ4n) is 1.74. The maximum Gasteiger partial charge on any atom is 0.313 e. The van der Waals surface area contributed by atoms with Crippen LogP contribution in [0.3, 0.4) is 0 Å². The zero-order valence-corrected chi connectivity index (χ0v) is 10.7. The summed E-state index contributed by atoms with van der Waals surface area (Å²) in [6, 6.07) is 6.62. The number of carbonyl (C=O) groups is 2. The minimum absolute atomic E-state index is 0.539. The fraction of sp³-hybridized carbons (Fsp3) is 0.385. The Labute approximate surface area is 111 Å². The highest BCUT2D eigenvalue weighted by Crippen LogP contribution is 2.25. The van der Waals surface area contributed by atoms with Crippen molar-refractivity contribution in [2.45, 2.75) is 19.3 Å². The van der Waals surface area contributed by atoms with Crippen molar-refractivity contribution in [3.8, 4) is 0 Å². The third-order valence-electron chi connectivity index (χ3n) is 3.08. The molecule has 4 nitrogen and oxygen atoms in total. The summed E-state index contributed by atoms with van der Waals surface area (Å²) in [5.41, 5.74) is 0.559. The van der Waals surface area contributed by atoms with E-state index in [4.69, 9.17) is 11.6 Å². The molecule has 0 bridgehead atoms. The third kappa shape index (κ3) is 3.47. The Hall–Kier alpha value is -1.55. The van der Waals surface area contributed by atoms with Gasteiger partial charge in [-0.2, -0.15) is 0 Å². The van der Waals surface area contributed by atoms with Crippen LogP contribution >= 0.6 is 11.6 Å². The standard InChI is InChI=1S/C13H15ClN2O2/c14-10-4-6-11(7-5-10)16-13(18)12(17)15-8-9-2-1-3-9/h4-7,9H,1-3,8H2,(H,15,17)(H,16,18). The Bertz CT molecular complexity index is 441. The number of halogens is 1. The van der Waals surface area contributed by atoms with Crippen LogP contribution in [0.4, 0.5) is 5.69 Å². The Morgan fingerprint density at radius 1 is 1.17 bits per heavy atom. The molecule has 0 radical (unpaired) electrons. The molecular weight excluding hydrogens is 252 g/mol. The van der Waals surface area contributed by atoms with E-state index in [1.807, 2.05) is 0 Å². The summed E-state index contributed by atoms with van der Waals surface area (Å²) in [5.74, 6) is -0.689. The van der Waals surface area contributed by atoms with Crippen LogP contribution in [0.25, 0.3) is 0 Å². The van der Waals surface area contributed by atoms with E-state index in [0.29, 0.717) is 23.2 Å². The highest BCUT2D eigenvalue weighted by atomic mass is 35.5. The molecular formula is C13H15ClN2O2. The molecule has 5 heteroatoms. The molecule has 2 rings (SSSR count). The number of carbonyl (C=O) groups excluding carboxylic acids is 2. The summed E-state index contributed by atoms with van der Waals surface area (Å²) in [7, 11) is 0. The number of benzene rings is 1. The van der Waals surface area contributed by atoms with E-state index < -0.39 is 11.8 Å². The molecule has 1 aromatic carbocycles. The average Bonchev–Trinajstić information content (AvgIpc) is 2.30. The topological polar surface area (TPSA) is 58.2 Å². The van der Waals surface area contributed by atoms with Gasteiger partial charge in [0.2, 0.25) is 0 Å². The summed E-state index contributed by atoms with van der Waals surface area (Å²) >= 11 is 5.73. The van der Waals surface area contributed by atoms with Gasteiger partial charge in [-0.05, 0) is 43.0 Å². The molecule has 1 aromatic rings. The quantitative estimate of drug-likeness (QED) is 0.824. The van der Waals surface area contributed by atoms with Crippen LogP contribution < -0.4 is 10.6 Å². The summed E-state index contributed by atoms with van der Waals surface area (Å²) in [6.45, 7) is 0.590. The van der Waals surface area contributed by atoms with Crippen LogP contribution in [0.15, 0.2) is 24.3 Å². The molecule has 0 atom stereocenters. The molecule has 18 heavy (non-hydrogen) atoms. The number of hydrogen-bond donors (Lipinski definition) is 2. The number of amides is 2. The second-order valence-electron chi connectivity index (χ2n) is 4.47. The van der Waals surface area contributed by atoms with Crippen molar-refractivity contribution < 1.29 is 9.59 Å². The van der Waals surface area contributed by atoms with Crippen molar-refractivity contribution >= 4 is 29.1 Å². The van der Waals surface area contributed by atoms with Gasteiger partial charge in [0.05, 0.1) is 0 Å². The highest BCUT2D eigenvalue weighted by molar-refractivity contribution is 6.39. The molecule has 0 aliphatic heterocycles. The second-order valence-corrected chi connectivity index (χ2v) is 4.90. The smallest absolute Gasteiger partial charge is 0.313 e. The molecule has 1 aliphatic carbocycles. The number of anilines is 1. The van der Waals surface area contributed by atoms with E-state index >= 15 is 0 Å². The minimum Gasteiger partial charge on any atom is -0.348 e. The zero-order valence-electron chi connectivity index (χ0n) is 9.91. The number of hydrogen-bond acceptors (Lipinski definition) is 2. The molecule has 2 amide bonds. The predicted octanol–water partition coefficient (Wildman–Crippen LogP) is 2.19. The van der Waals surface area contributed by atoms with Crippen molar-refractivity contribution in [2.24, 2.45) is 5.92 Å². The summed E-state index contributed by atoms with van der Waals surface area (Å²) in [5, 5.41) is 5.74. The van der Waals surface area contributed by atoms with Gasteiger partial charge in [-0.1, -0.05) is 18.0 Å². The monoisotopic (exact) mass is 266 g/mol. The molecule has 0 saturated heterocycles. The maximum absolute atomic E-state index is 11.6. The molecule has 0 aromatic heterocycles. The fourth-order valence-corrected chi connectivity index (χ4v) is 1.86. The van der Waals surface area contributed by atoms with Gasteiger partial charge >= 0.3 is 11.8 Å². The van der Waals surface area contributed by atoms with Gasteiger partial charge in [0.25, 0.3) is 0 Å². The maximum atomic E-state index is 11.6. The van der Waals surface area contributed by atoms with E-state index in [-0.39, 0.29) is 0 Å². The summed E-state index contributed by atoms with van der Waals surface area (Å²) < 4.78 is 0. The Morgan fingerprint density at radius 3 is 2.39 bits per heavy atom. The van der Waals surface area contributed by atoms with Crippen LogP contribution in [0, 0.1) is 5.92 Å². The second kappa shape index (κ2) is 5.87. The minimum atomic E-state index is -0.642. The van der Waals surface area contributed by atoms with Crippen LogP contribution in [0.1, 0.15) is 19.3 Å². The Kier molecular flexibility index (Phi) is 4.20. The van der Waals surface area contributed by atoms with Gasteiger partial charge in [-0.15, -0.1) is 0 Å². The number of nitrogens with one attached hydrogen (secondary N) is 2. The first-order chi connectivity index (χ1) is 8.65. The van der Waals surface area contributed by atoms with E-state index in [0.717, 1.165) is 12.8 Å². The predicted molar refractivity (Wildman–Crippen MR) is 70.4 cm³/mol. The van der Waals surface area contributed by atoms with Gasteiger partial charge in [-0.25, -0.2) is 0 Å². The molecule has 0 spiro atoms. The first kappa shape index (κ1) is 12.9. The van der Waals surface area contributed by atoms with Crippen LogP contribution in [0.5, 0.6) is 0 Å². The van der Waals surface area contributed by atoms with E-state index in [2.05, 4.69) is 10.6 Å². The SMILES string of the molecule is O=C(NCC1CCC1)C(=O)Nc1ccc(Cl)cc1. The van der Waals surface area contributed by atoms with E-state index in [1.54, 1.807) is 24.3 Å². The van der Waals surface area contributed by atoms with Gasteiger partial charge < -0.3 is 10.6 Å². The van der Waals surface area contributed by atoms with Crippen molar-refractivity contribution in [1.82, 2.24) is 5.32 Å². The molecule has 0 unspecified atom stereocenters. The Balaban J connectivity index is 1.79. The summed E-state index contributed by atoms with van der Waals surface area (Å²) in [4.78, 5) is 23.1. The van der Waals surface area contributed by atoms with Crippen molar-refractivity contribution in [3.63, 3.8) is 0 Å². The lowest BCUT2D eigenvalue weighted by atomic mass is 9.85. The van der Waals surface area contributed by atoms with Crippen molar-refractivity contribution in [3.05, 3.63) is 29.3 Å². The third-order valence-corrected chi connectivity index (χ3v) is 3.34. The van der Waals surface area contributed by atoms with Gasteiger partial charge in [0.1, 0.15) is 0 Å². The van der Waals surface area contributed by atoms with Gasteiger partial charge in [0.15, 0.2) is 0 Å². The van der Waals surface area contributed by atoms with Crippen molar-refractivity contribution in [1.29, 1.82) is 0 Å². The van der Waals surface area contributed by atoms with Crippen molar-refractivity contribution in [2.75, 3.05) is 11.9 Å². The first-order valence-electron chi connectivity index (χ1n) is 6.00. The molecule has 2 N–H and O–H groups in total.